The van der Waals surface area contributed by atoms with Gasteiger partial charge in [0.05, 0.1) is 24.6 Å². The molecule has 1 saturated carbocycles. The van der Waals surface area contributed by atoms with E-state index in [0.29, 0.717) is 22.2 Å². The first kappa shape index (κ1) is 21.0. The molecule has 1 aliphatic carbocycles. The summed E-state index contributed by atoms with van der Waals surface area (Å²) in [6, 6.07) is 12.4. The van der Waals surface area contributed by atoms with Crippen LogP contribution in [0.5, 0.6) is 5.75 Å². The number of hydrogen-bond donors (Lipinski definition) is 1. The predicted octanol–water partition coefficient (Wildman–Crippen LogP) is 2.08. The van der Waals surface area contributed by atoms with Crippen molar-refractivity contribution in [3.05, 3.63) is 74.4 Å². The molecule has 1 amide bonds. The minimum absolute atomic E-state index is 0.171. The Kier molecular flexibility index (Phi) is 5.24. The maximum Gasteiger partial charge on any atom is 0.352 e. The molecule has 0 saturated heterocycles. The fourth-order valence-corrected chi connectivity index (χ4v) is 4.52. The number of ether oxygens (including phenoxy) is 1. The number of fused-ring (bicyclic) bond motifs is 3. The van der Waals surface area contributed by atoms with E-state index in [1.807, 2.05) is 24.3 Å². The summed E-state index contributed by atoms with van der Waals surface area (Å²) in [5.74, 6) is 0.697. The SMILES string of the molecule is COc1cccc(Cn2nc3n(C)c(=O)c4ccc(C(=O)NC5CCCC5)cc4n3c2=O)c1. The summed E-state index contributed by atoms with van der Waals surface area (Å²) in [5, 5.41) is 7.83. The van der Waals surface area contributed by atoms with Crippen molar-refractivity contribution in [3.63, 3.8) is 0 Å². The number of nitrogens with one attached hydrogen (secondary N) is 1. The van der Waals surface area contributed by atoms with Crippen molar-refractivity contribution in [1.29, 1.82) is 0 Å². The third-order valence-electron chi connectivity index (χ3n) is 6.31. The number of methoxy groups -OCH3 is 1. The molecule has 0 unspecified atom stereocenters. The molecule has 0 radical (unpaired) electrons. The number of aryl methyl sites for hydroxylation is 1. The van der Waals surface area contributed by atoms with E-state index in [-0.39, 0.29) is 35.5 Å². The monoisotopic (exact) mass is 447 g/mol. The van der Waals surface area contributed by atoms with Gasteiger partial charge in [-0.1, -0.05) is 25.0 Å². The van der Waals surface area contributed by atoms with Gasteiger partial charge in [0.15, 0.2) is 0 Å². The fraction of sp³-hybridized carbons (Fsp3) is 0.333. The van der Waals surface area contributed by atoms with Gasteiger partial charge in [0.2, 0.25) is 5.78 Å². The highest BCUT2D eigenvalue weighted by Gasteiger charge is 2.20. The number of aromatic nitrogens is 4. The summed E-state index contributed by atoms with van der Waals surface area (Å²) < 4.78 is 9.32. The number of benzene rings is 2. The molecule has 0 atom stereocenters. The zero-order valence-electron chi connectivity index (χ0n) is 18.6. The molecule has 2 aromatic carbocycles. The maximum absolute atomic E-state index is 13.3. The van der Waals surface area contributed by atoms with Crippen molar-refractivity contribution in [2.45, 2.75) is 38.3 Å². The highest BCUT2D eigenvalue weighted by Crippen LogP contribution is 2.19. The lowest BCUT2D eigenvalue weighted by atomic mass is 10.1. The van der Waals surface area contributed by atoms with Crippen molar-refractivity contribution in [3.8, 4) is 5.75 Å². The number of nitrogens with zero attached hydrogens (tertiary/aromatic N) is 4. The molecule has 9 heteroatoms. The molecule has 9 nitrogen and oxygen atoms in total. The highest BCUT2D eigenvalue weighted by molar-refractivity contribution is 5.98. The van der Waals surface area contributed by atoms with E-state index in [9.17, 15) is 14.4 Å². The molecule has 170 valence electrons. The van der Waals surface area contributed by atoms with Crippen LogP contribution < -0.4 is 21.3 Å². The molecular formula is C24H25N5O4. The Labute approximate surface area is 189 Å². The predicted molar refractivity (Wildman–Crippen MR) is 124 cm³/mol. The van der Waals surface area contributed by atoms with Crippen molar-refractivity contribution in [2.75, 3.05) is 7.11 Å². The highest BCUT2D eigenvalue weighted by atomic mass is 16.5. The summed E-state index contributed by atoms with van der Waals surface area (Å²) in [7, 11) is 3.17. The normalized spacial score (nSPS) is 14.2. The number of carbonyl (C=O) groups excluding carboxylic acids is 1. The van der Waals surface area contributed by atoms with Crippen molar-refractivity contribution < 1.29 is 9.53 Å². The Morgan fingerprint density at radius 3 is 2.70 bits per heavy atom. The quantitative estimate of drug-likeness (QED) is 0.505. The molecule has 0 spiro atoms. The van der Waals surface area contributed by atoms with Gasteiger partial charge in [-0.2, -0.15) is 0 Å². The van der Waals surface area contributed by atoms with Crippen LogP contribution in [0.3, 0.4) is 0 Å². The van der Waals surface area contributed by atoms with Gasteiger partial charge in [-0.3, -0.25) is 14.2 Å². The zero-order valence-corrected chi connectivity index (χ0v) is 18.6. The minimum atomic E-state index is -0.387. The second-order valence-corrected chi connectivity index (χ2v) is 8.48. The van der Waals surface area contributed by atoms with Crippen LogP contribution in [0.2, 0.25) is 0 Å². The van der Waals surface area contributed by atoms with E-state index in [1.54, 1.807) is 32.4 Å². The van der Waals surface area contributed by atoms with E-state index in [2.05, 4.69) is 10.4 Å². The topological polar surface area (TPSA) is 99.6 Å². The first-order valence-corrected chi connectivity index (χ1v) is 11.0. The molecule has 1 aliphatic rings. The summed E-state index contributed by atoms with van der Waals surface area (Å²) >= 11 is 0. The van der Waals surface area contributed by atoms with Crippen LogP contribution in [0.25, 0.3) is 16.7 Å². The van der Waals surface area contributed by atoms with Crippen LogP contribution in [0.1, 0.15) is 41.6 Å². The Hall–Kier alpha value is -3.88. The molecule has 4 aromatic rings. The molecule has 5 rings (SSSR count). The van der Waals surface area contributed by atoms with Crippen LogP contribution in [0.15, 0.2) is 52.1 Å². The maximum atomic E-state index is 13.3. The third kappa shape index (κ3) is 3.69. The van der Waals surface area contributed by atoms with Crippen LogP contribution in [-0.2, 0) is 13.6 Å². The van der Waals surface area contributed by atoms with Crippen molar-refractivity contribution in [1.82, 2.24) is 24.1 Å². The summed E-state index contributed by atoms with van der Waals surface area (Å²) in [4.78, 5) is 39.1. The lowest BCUT2D eigenvalue weighted by Gasteiger charge is -2.12. The van der Waals surface area contributed by atoms with E-state index in [1.165, 1.54) is 13.6 Å². The first-order valence-electron chi connectivity index (χ1n) is 11.0. The van der Waals surface area contributed by atoms with Crippen molar-refractivity contribution >= 4 is 22.6 Å². The van der Waals surface area contributed by atoms with Crippen LogP contribution >= 0.6 is 0 Å². The van der Waals surface area contributed by atoms with Gasteiger partial charge in [-0.25, -0.2) is 13.9 Å². The standard InChI is InChI=1S/C24H25N5O4/c1-27-22(31)19-11-10-16(21(30)25-17-7-3-4-8-17)13-20(19)29-23(27)26-28(24(29)32)14-15-6-5-9-18(12-15)33-2/h5-6,9-13,17H,3-4,7-8,14H2,1-2H3,(H,25,30). The molecule has 1 N–H and O–H groups in total. The van der Waals surface area contributed by atoms with Gasteiger partial charge >= 0.3 is 5.69 Å². The molecule has 0 aliphatic heterocycles. The average molecular weight is 447 g/mol. The number of amides is 1. The van der Waals surface area contributed by atoms with Gasteiger partial charge in [0.1, 0.15) is 5.75 Å². The van der Waals surface area contributed by atoms with Gasteiger partial charge in [0.25, 0.3) is 11.5 Å². The molecule has 2 aromatic heterocycles. The minimum Gasteiger partial charge on any atom is -0.497 e. The Balaban J connectivity index is 1.62. The van der Waals surface area contributed by atoms with E-state index < -0.39 is 0 Å². The van der Waals surface area contributed by atoms with Crippen LogP contribution in [-0.4, -0.2) is 37.8 Å². The first-order chi connectivity index (χ1) is 16.0. The van der Waals surface area contributed by atoms with Gasteiger partial charge in [-0.15, -0.1) is 5.10 Å². The van der Waals surface area contributed by atoms with Crippen LogP contribution in [0, 0.1) is 0 Å². The Bertz CT molecular complexity index is 1490. The lowest BCUT2D eigenvalue weighted by molar-refractivity contribution is 0.0938. The largest absolute Gasteiger partial charge is 0.497 e. The molecular weight excluding hydrogens is 422 g/mol. The molecule has 0 bridgehead atoms. The smallest absolute Gasteiger partial charge is 0.352 e. The van der Waals surface area contributed by atoms with Crippen LogP contribution in [0.4, 0.5) is 0 Å². The third-order valence-corrected chi connectivity index (χ3v) is 6.31. The van der Waals surface area contributed by atoms with Gasteiger partial charge in [0, 0.05) is 18.7 Å². The lowest BCUT2D eigenvalue weighted by Crippen LogP contribution is -2.32. The van der Waals surface area contributed by atoms with E-state index in [0.717, 1.165) is 31.2 Å². The second-order valence-electron chi connectivity index (χ2n) is 8.48. The Morgan fingerprint density at radius 2 is 1.94 bits per heavy atom. The zero-order chi connectivity index (χ0) is 23.1. The van der Waals surface area contributed by atoms with E-state index in [4.69, 9.17) is 4.74 Å². The summed E-state index contributed by atoms with van der Waals surface area (Å²) in [6.07, 6.45) is 4.17. The molecule has 1 fully saturated rings. The number of hydrogen-bond acceptors (Lipinski definition) is 5. The fourth-order valence-electron chi connectivity index (χ4n) is 4.52. The molecule has 33 heavy (non-hydrogen) atoms. The number of carbonyl (C=O) groups is 1. The van der Waals surface area contributed by atoms with E-state index >= 15 is 0 Å². The summed E-state index contributed by atoms with van der Waals surface area (Å²) in [5.41, 5.74) is 0.955. The van der Waals surface area contributed by atoms with Gasteiger partial charge < -0.3 is 10.1 Å². The van der Waals surface area contributed by atoms with Crippen molar-refractivity contribution in [2.24, 2.45) is 7.05 Å². The summed E-state index contributed by atoms with van der Waals surface area (Å²) in [6.45, 7) is 0.218. The average Bonchev–Trinajstić information content (AvgIpc) is 3.45. The molecule has 2 heterocycles. The Morgan fingerprint density at radius 1 is 1.15 bits per heavy atom. The second kappa shape index (κ2) is 8.23. The van der Waals surface area contributed by atoms with Gasteiger partial charge in [-0.05, 0) is 48.7 Å². The number of rotatable bonds is 5.